The molecule has 3 N–H and O–H groups in total. The van der Waals surface area contributed by atoms with Crippen LogP contribution < -0.4 is 15.5 Å². The van der Waals surface area contributed by atoms with Crippen LogP contribution in [-0.4, -0.2) is 46.1 Å². The third kappa shape index (κ3) is 3.35. The van der Waals surface area contributed by atoms with Crippen LogP contribution in [-0.2, 0) is 0 Å². The summed E-state index contributed by atoms with van der Waals surface area (Å²) < 4.78 is 0. The number of nitrogens with zero attached hydrogens (tertiary/aromatic N) is 5. The maximum atomic E-state index is 6.14. The highest BCUT2D eigenvalue weighted by Gasteiger charge is 2.20. The fourth-order valence-electron chi connectivity index (χ4n) is 3.78. The first kappa shape index (κ1) is 17.5. The molecule has 0 atom stereocenters. The number of nitrogens with two attached hydrogens (primary N) is 1. The molecule has 4 aromatic rings. The number of aromatic amines is 1. The van der Waals surface area contributed by atoms with Gasteiger partial charge in [0.2, 0.25) is 0 Å². The largest absolute Gasteiger partial charge is 0.382 e. The molecule has 0 bridgehead atoms. The Bertz CT molecular complexity index is 1160. The van der Waals surface area contributed by atoms with Crippen LogP contribution in [0.3, 0.4) is 0 Å². The predicted octanol–water partition coefficient (Wildman–Crippen LogP) is 3.73. The van der Waals surface area contributed by atoms with E-state index in [1.807, 2.05) is 18.2 Å². The molecule has 0 amide bonds. The van der Waals surface area contributed by atoms with Crippen LogP contribution in [0.25, 0.3) is 22.6 Å². The van der Waals surface area contributed by atoms with Gasteiger partial charge in [0.25, 0.3) is 0 Å². The summed E-state index contributed by atoms with van der Waals surface area (Å²) >= 11 is 0. The summed E-state index contributed by atoms with van der Waals surface area (Å²) in [5.41, 5.74) is 11.0. The Labute approximate surface area is 172 Å². The van der Waals surface area contributed by atoms with Crippen LogP contribution in [0.2, 0.25) is 0 Å². The van der Waals surface area contributed by atoms with Gasteiger partial charge in [-0.3, -0.25) is 0 Å². The molecule has 150 valence electrons. The van der Waals surface area contributed by atoms with Gasteiger partial charge in [-0.15, -0.1) is 0 Å². The Morgan fingerprint density at radius 2 is 1.72 bits per heavy atom. The minimum atomic E-state index is 0. The van der Waals surface area contributed by atoms with E-state index < -0.39 is 0 Å². The topological polar surface area (TPSA) is 87.0 Å². The maximum absolute atomic E-state index is 6.14. The molecule has 7 heteroatoms. The molecule has 7 nitrogen and oxygen atoms in total. The minimum absolute atomic E-state index is 0. The highest BCUT2D eigenvalue weighted by Crippen LogP contribution is 2.26. The van der Waals surface area contributed by atoms with Gasteiger partial charge in [-0.2, -0.15) is 0 Å². The number of para-hydroxylation sites is 1. The lowest BCUT2D eigenvalue weighted by Crippen LogP contribution is -2.46. The normalized spacial score (nSPS) is 14.5. The number of imidazole rings is 1. The first-order chi connectivity index (χ1) is 14.2. The Kier molecular flexibility index (Phi) is 4.27. The van der Waals surface area contributed by atoms with Gasteiger partial charge >= 0.3 is 0 Å². The van der Waals surface area contributed by atoms with E-state index in [1.54, 1.807) is 6.20 Å². The number of hydrogen-bond acceptors (Lipinski definition) is 6. The molecular formula is C22H27N7. The van der Waals surface area contributed by atoms with E-state index in [0.29, 0.717) is 17.3 Å². The zero-order valence-corrected chi connectivity index (χ0v) is 16.3. The average molecular weight is 390 g/mol. The second-order valence-electron chi connectivity index (χ2n) is 7.38. The van der Waals surface area contributed by atoms with Gasteiger partial charge in [0.1, 0.15) is 5.82 Å². The number of anilines is 3. The van der Waals surface area contributed by atoms with Crippen molar-refractivity contribution in [2.45, 2.75) is 6.92 Å². The highest BCUT2D eigenvalue weighted by molar-refractivity contribution is 5.81. The van der Waals surface area contributed by atoms with Crippen molar-refractivity contribution in [3.63, 3.8) is 0 Å². The molecule has 2 aromatic carbocycles. The summed E-state index contributed by atoms with van der Waals surface area (Å²) in [4.78, 5) is 21.8. The van der Waals surface area contributed by atoms with Crippen molar-refractivity contribution in [1.82, 2.24) is 19.9 Å². The molecule has 29 heavy (non-hydrogen) atoms. The van der Waals surface area contributed by atoms with Crippen LogP contribution in [0.1, 0.15) is 8.42 Å². The maximum Gasteiger partial charge on any atom is 0.161 e. The monoisotopic (exact) mass is 389 g/mol. The number of fused-ring (bicyclic) bond motifs is 1. The van der Waals surface area contributed by atoms with Crippen LogP contribution in [0.5, 0.6) is 0 Å². The molecule has 3 heterocycles. The van der Waals surface area contributed by atoms with Crippen molar-refractivity contribution in [3.8, 4) is 11.5 Å². The van der Waals surface area contributed by atoms with Gasteiger partial charge in [0.05, 0.1) is 17.2 Å². The zero-order chi connectivity index (χ0) is 19.8. The van der Waals surface area contributed by atoms with E-state index in [1.165, 1.54) is 11.3 Å². The SMILES string of the molecule is Cc1ccc2nc(-c3nc(N4CCN(c5ccccc5)CC4)cnc3N)[nH]c2c1.[HH].[HH]. The molecule has 5 rings (SSSR count). The Balaban J connectivity index is 0.00000136. The first-order valence-electron chi connectivity index (χ1n) is 9.81. The van der Waals surface area contributed by atoms with E-state index in [0.717, 1.165) is 43.0 Å². The van der Waals surface area contributed by atoms with Crippen LogP contribution >= 0.6 is 0 Å². The van der Waals surface area contributed by atoms with E-state index in [9.17, 15) is 0 Å². The number of hydrogen-bond donors (Lipinski definition) is 2. The number of rotatable bonds is 3. The lowest BCUT2D eigenvalue weighted by Gasteiger charge is -2.36. The molecule has 0 spiro atoms. The molecule has 1 fully saturated rings. The fraction of sp³-hybridized carbons (Fsp3) is 0.227. The Morgan fingerprint density at radius 1 is 0.966 bits per heavy atom. The number of H-pyrrole nitrogens is 1. The smallest absolute Gasteiger partial charge is 0.161 e. The van der Waals surface area contributed by atoms with Crippen molar-refractivity contribution < 1.29 is 2.85 Å². The lowest BCUT2D eigenvalue weighted by molar-refractivity contribution is 0.646. The molecule has 0 radical (unpaired) electrons. The number of benzene rings is 2. The van der Waals surface area contributed by atoms with Crippen molar-refractivity contribution in [1.29, 1.82) is 0 Å². The van der Waals surface area contributed by atoms with E-state index in [4.69, 9.17) is 10.7 Å². The number of nitrogens with one attached hydrogen (secondary N) is 1. The standard InChI is InChI=1S/C22H23N7.2H2/c1-15-7-8-17-18(13-15)26-22(25-17)20-21(23)24-14-19(27-20)29-11-9-28(10-12-29)16-5-3-2-4-6-16;;/h2-8,13-14H,9-12H2,1H3,(H2,23,24)(H,25,26);2*1H. The fourth-order valence-corrected chi connectivity index (χ4v) is 3.78. The lowest BCUT2D eigenvalue weighted by atomic mass is 10.2. The Morgan fingerprint density at radius 3 is 2.52 bits per heavy atom. The second kappa shape index (κ2) is 7.09. The number of piperazine rings is 1. The second-order valence-corrected chi connectivity index (χ2v) is 7.38. The van der Waals surface area contributed by atoms with Gasteiger partial charge in [0, 0.05) is 34.7 Å². The minimum Gasteiger partial charge on any atom is -0.382 e. The molecular weight excluding hydrogens is 362 g/mol. The van der Waals surface area contributed by atoms with Crippen molar-refractivity contribution in [2.75, 3.05) is 41.7 Å². The number of aromatic nitrogens is 4. The molecule has 0 unspecified atom stereocenters. The Hall–Kier alpha value is -3.61. The molecule has 1 aliphatic rings. The summed E-state index contributed by atoms with van der Waals surface area (Å²) in [5, 5.41) is 0. The molecule has 0 aliphatic carbocycles. The summed E-state index contributed by atoms with van der Waals surface area (Å²) in [6.45, 7) is 5.70. The van der Waals surface area contributed by atoms with Crippen molar-refractivity contribution >= 4 is 28.4 Å². The predicted molar refractivity (Wildman–Crippen MR) is 121 cm³/mol. The number of nitrogen functional groups attached to an aromatic ring is 1. The third-order valence-electron chi connectivity index (χ3n) is 5.37. The van der Waals surface area contributed by atoms with Crippen molar-refractivity contribution in [2.24, 2.45) is 0 Å². The molecule has 1 saturated heterocycles. The molecule has 2 aromatic heterocycles. The number of aryl methyl sites for hydroxylation is 1. The van der Waals surface area contributed by atoms with Gasteiger partial charge in [-0.05, 0) is 36.8 Å². The summed E-state index contributed by atoms with van der Waals surface area (Å²) in [7, 11) is 0. The van der Waals surface area contributed by atoms with Crippen molar-refractivity contribution in [3.05, 3.63) is 60.3 Å². The highest BCUT2D eigenvalue weighted by atomic mass is 15.3. The summed E-state index contributed by atoms with van der Waals surface area (Å²) in [5.74, 6) is 1.87. The zero-order valence-electron chi connectivity index (χ0n) is 16.3. The van der Waals surface area contributed by atoms with E-state index >= 15 is 0 Å². The van der Waals surface area contributed by atoms with Gasteiger partial charge in [-0.1, -0.05) is 24.3 Å². The van der Waals surface area contributed by atoms with Crippen LogP contribution in [0.15, 0.2) is 54.7 Å². The van der Waals surface area contributed by atoms with Gasteiger partial charge in [0.15, 0.2) is 17.3 Å². The van der Waals surface area contributed by atoms with Gasteiger partial charge < -0.3 is 20.5 Å². The van der Waals surface area contributed by atoms with E-state index in [2.05, 4.69) is 62.0 Å². The van der Waals surface area contributed by atoms with Gasteiger partial charge in [-0.25, -0.2) is 15.0 Å². The summed E-state index contributed by atoms with van der Waals surface area (Å²) in [6.07, 6.45) is 1.75. The molecule has 1 aliphatic heterocycles. The molecule has 0 saturated carbocycles. The summed E-state index contributed by atoms with van der Waals surface area (Å²) in [6, 6.07) is 16.6. The van der Waals surface area contributed by atoms with Crippen LogP contribution in [0.4, 0.5) is 17.3 Å². The van der Waals surface area contributed by atoms with Crippen LogP contribution in [0, 0.1) is 6.92 Å². The van der Waals surface area contributed by atoms with E-state index in [-0.39, 0.29) is 2.85 Å². The first-order valence-corrected chi connectivity index (χ1v) is 9.81. The quantitative estimate of drug-likeness (QED) is 0.555. The third-order valence-corrected chi connectivity index (χ3v) is 5.37. The average Bonchev–Trinajstić information content (AvgIpc) is 3.18.